The van der Waals surface area contributed by atoms with Crippen LogP contribution >= 0.6 is 0 Å². The summed E-state index contributed by atoms with van der Waals surface area (Å²) in [5.74, 6) is 0. The van der Waals surface area contributed by atoms with Gasteiger partial charge in [0.15, 0.2) is 8.07 Å². The van der Waals surface area contributed by atoms with Crippen LogP contribution in [0, 0.1) is 0 Å². The Kier molecular flexibility index (Phi) is 3.64. The number of fused-ring (bicyclic) bond motifs is 5. The van der Waals surface area contributed by atoms with E-state index in [1.165, 1.54) is 48.2 Å². The van der Waals surface area contributed by atoms with E-state index in [0.717, 1.165) is 0 Å². The molecule has 0 aliphatic carbocycles. The first-order chi connectivity index (χ1) is 15.9. The molecule has 150 valence electrons. The van der Waals surface area contributed by atoms with Crippen LogP contribution in [0.5, 0.6) is 0 Å². The highest BCUT2D eigenvalue weighted by Crippen LogP contribution is 2.34. The van der Waals surface area contributed by atoms with Gasteiger partial charge in [0.25, 0.3) is 0 Å². The Morgan fingerprint density at radius 3 is 1.75 bits per heavy atom. The summed E-state index contributed by atoms with van der Waals surface area (Å²) in [5.41, 5.74) is 3.97. The zero-order valence-electron chi connectivity index (χ0n) is 17.6. The molecule has 0 saturated carbocycles. The Labute approximate surface area is 188 Å². The van der Waals surface area contributed by atoms with E-state index in [0.29, 0.717) is 0 Å². The topological polar surface area (TPSA) is 4.93 Å². The molecule has 0 atom stereocenters. The maximum Gasteiger partial charge on any atom is 0.184 e. The quantitative estimate of drug-likeness (QED) is 0.362. The fourth-order valence-corrected chi connectivity index (χ4v) is 11.0. The zero-order valence-corrected chi connectivity index (χ0v) is 18.6. The van der Waals surface area contributed by atoms with Crippen molar-refractivity contribution < 1.29 is 0 Å². The summed E-state index contributed by atoms with van der Waals surface area (Å²) >= 11 is 0. The summed E-state index contributed by atoms with van der Waals surface area (Å²) in [6.45, 7) is 0. The standard InChI is InChI=1S/C30H21NSi/c1-3-12-22(13-4-1)32(23-14-5-2-6-15-23)28-20-10-9-19-27(28)31-26-18-8-7-16-24(26)25-17-11-21-29(32)30(25)31/h1-21H. The van der Waals surface area contributed by atoms with Crippen LogP contribution in [-0.2, 0) is 0 Å². The Morgan fingerprint density at radius 1 is 0.438 bits per heavy atom. The highest BCUT2D eigenvalue weighted by Gasteiger charge is 2.47. The summed E-state index contributed by atoms with van der Waals surface area (Å²) in [7, 11) is -2.49. The molecule has 0 bridgehead atoms. The largest absolute Gasteiger partial charge is 0.309 e. The predicted molar refractivity (Wildman–Crippen MR) is 138 cm³/mol. The molecule has 0 saturated heterocycles. The van der Waals surface area contributed by atoms with Crippen molar-refractivity contribution in [3.63, 3.8) is 0 Å². The minimum atomic E-state index is -2.49. The molecular formula is C30H21NSi. The number of aromatic nitrogens is 1. The second-order valence-corrected chi connectivity index (χ2v) is 12.3. The van der Waals surface area contributed by atoms with E-state index in [1.54, 1.807) is 0 Å². The van der Waals surface area contributed by atoms with E-state index in [9.17, 15) is 0 Å². The first-order valence-electron chi connectivity index (χ1n) is 11.1. The average Bonchev–Trinajstić information content (AvgIpc) is 3.22. The minimum absolute atomic E-state index is 1.28. The summed E-state index contributed by atoms with van der Waals surface area (Å²) in [6, 6.07) is 47.2. The summed E-state index contributed by atoms with van der Waals surface area (Å²) in [5, 5.41) is 8.47. The zero-order chi connectivity index (χ0) is 21.1. The van der Waals surface area contributed by atoms with E-state index < -0.39 is 8.07 Å². The Balaban J connectivity index is 1.79. The van der Waals surface area contributed by atoms with E-state index in [4.69, 9.17) is 0 Å². The van der Waals surface area contributed by atoms with Gasteiger partial charge in [-0.3, -0.25) is 0 Å². The number of hydrogen-bond acceptors (Lipinski definition) is 0. The lowest BCUT2D eigenvalue weighted by Crippen LogP contribution is -2.76. The van der Waals surface area contributed by atoms with Gasteiger partial charge in [0, 0.05) is 16.5 Å². The number of nitrogens with zero attached hydrogens (tertiary/aromatic N) is 1. The van der Waals surface area contributed by atoms with Gasteiger partial charge in [-0.1, -0.05) is 115 Å². The molecule has 0 spiro atoms. The van der Waals surface area contributed by atoms with Crippen LogP contribution in [0.4, 0.5) is 0 Å². The highest BCUT2D eigenvalue weighted by molar-refractivity contribution is 7.21. The van der Waals surface area contributed by atoms with Crippen LogP contribution < -0.4 is 20.7 Å². The van der Waals surface area contributed by atoms with Crippen LogP contribution in [0.25, 0.3) is 27.5 Å². The van der Waals surface area contributed by atoms with Crippen molar-refractivity contribution in [2.45, 2.75) is 0 Å². The smallest absolute Gasteiger partial charge is 0.184 e. The first kappa shape index (κ1) is 17.8. The van der Waals surface area contributed by atoms with Crippen LogP contribution in [0.1, 0.15) is 0 Å². The molecule has 0 amide bonds. The van der Waals surface area contributed by atoms with Gasteiger partial charge >= 0.3 is 0 Å². The highest BCUT2D eigenvalue weighted by atomic mass is 28.3. The molecule has 1 aliphatic heterocycles. The number of hydrogen-bond donors (Lipinski definition) is 0. The van der Waals surface area contributed by atoms with Gasteiger partial charge in [0.1, 0.15) is 0 Å². The fourth-order valence-electron chi connectivity index (χ4n) is 5.87. The van der Waals surface area contributed by atoms with Crippen LogP contribution in [-0.4, -0.2) is 12.6 Å². The van der Waals surface area contributed by atoms with Gasteiger partial charge in [-0.25, -0.2) is 0 Å². The molecule has 5 aromatic carbocycles. The van der Waals surface area contributed by atoms with Gasteiger partial charge in [-0.15, -0.1) is 0 Å². The van der Waals surface area contributed by atoms with E-state index in [2.05, 4.69) is 132 Å². The Bertz CT molecular complexity index is 1570. The molecule has 0 fully saturated rings. The maximum absolute atomic E-state index is 2.51. The van der Waals surface area contributed by atoms with Crippen molar-refractivity contribution in [1.29, 1.82) is 0 Å². The van der Waals surface area contributed by atoms with Crippen molar-refractivity contribution in [1.82, 2.24) is 4.57 Å². The van der Waals surface area contributed by atoms with Gasteiger partial charge in [-0.2, -0.15) is 0 Å². The molecule has 7 rings (SSSR count). The van der Waals surface area contributed by atoms with Crippen molar-refractivity contribution >= 4 is 50.6 Å². The molecule has 0 unspecified atom stereocenters. The third-order valence-corrected chi connectivity index (χ3v) is 11.9. The third kappa shape index (κ3) is 2.12. The van der Waals surface area contributed by atoms with E-state index in [1.807, 2.05) is 0 Å². The molecule has 32 heavy (non-hydrogen) atoms. The molecule has 0 radical (unpaired) electrons. The monoisotopic (exact) mass is 423 g/mol. The molecular weight excluding hydrogens is 402 g/mol. The molecule has 2 heteroatoms. The summed E-state index contributed by atoms with van der Waals surface area (Å²) in [4.78, 5) is 0. The maximum atomic E-state index is 2.51. The molecule has 1 nitrogen and oxygen atoms in total. The SMILES string of the molecule is c1ccc([Si]2(c3ccccc3)c3ccccc3-n3c4ccccc4c4cccc2c43)cc1. The van der Waals surface area contributed by atoms with Crippen molar-refractivity contribution in [3.05, 3.63) is 127 Å². The number of rotatable bonds is 2. The van der Waals surface area contributed by atoms with Crippen molar-refractivity contribution in [3.8, 4) is 5.69 Å². The molecule has 6 aromatic rings. The van der Waals surface area contributed by atoms with Gasteiger partial charge < -0.3 is 4.57 Å². The van der Waals surface area contributed by atoms with E-state index >= 15 is 0 Å². The molecule has 2 heterocycles. The molecule has 1 aliphatic rings. The average molecular weight is 424 g/mol. The summed E-state index contributed by atoms with van der Waals surface area (Å²) in [6.07, 6.45) is 0. The minimum Gasteiger partial charge on any atom is -0.309 e. The van der Waals surface area contributed by atoms with Crippen LogP contribution in [0.2, 0.25) is 0 Å². The first-order valence-corrected chi connectivity index (χ1v) is 13.1. The van der Waals surface area contributed by atoms with Crippen molar-refractivity contribution in [2.24, 2.45) is 0 Å². The second kappa shape index (κ2) is 6.56. The summed E-state index contributed by atoms with van der Waals surface area (Å²) < 4.78 is 2.51. The Morgan fingerprint density at radius 2 is 1.00 bits per heavy atom. The fraction of sp³-hybridized carbons (Fsp3) is 0. The number of para-hydroxylation sites is 3. The lowest BCUT2D eigenvalue weighted by atomic mass is 10.1. The Hall–Kier alpha value is -3.88. The number of benzene rings is 5. The van der Waals surface area contributed by atoms with Crippen molar-refractivity contribution in [2.75, 3.05) is 0 Å². The molecule has 0 N–H and O–H groups in total. The predicted octanol–water partition coefficient (Wildman–Crippen LogP) is 4.47. The lowest BCUT2D eigenvalue weighted by molar-refractivity contribution is 1.19. The van der Waals surface area contributed by atoms with E-state index in [-0.39, 0.29) is 0 Å². The van der Waals surface area contributed by atoms with Gasteiger partial charge in [0.05, 0.1) is 11.0 Å². The molecule has 1 aromatic heterocycles. The lowest BCUT2D eigenvalue weighted by Gasteiger charge is -2.39. The van der Waals surface area contributed by atoms with Gasteiger partial charge in [-0.05, 0) is 32.9 Å². The van der Waals surface area contributed by atoms with Crippen LogP contribution in [0.3, 0.4) is 0 Å². The normalized spacial score (nSPS) is 13.9. The third-order valence-electron chi connectivity index (χ3n) is 7.06. The van der Waals surface area contributed by atoms with Gasteiger partial charge in [0.2, 0.25) is 0 Å². The van der Waals surface area contributed by atoms with Crippen LogP contribution in [0.15, 0.2) is 127 Å². The second-order valence-electron chi connectivity index (χ2n) is 8.55.